The molecule has 1 aromatic carbocycles. The highest BCUT2D eigenvalue weighted by Crippen LogP contribution is 2.27. The number of nitro groups is 1. The molecular formula is C12H18N2O4S. The van der Waals surface area contributed by atoms with Crippen LogP contribution in [0.15, 0.2) is 18.2 Å². The van der Waals surface area contributed by atoms with Gasteiger partial charge in [-0.15, -0.1) is 0 Å². The molecule has 1 aromatic rings. The summed E-state index contributed by atoms with van der Waals surface area (Å²) >= 11 is 0. The van der Waals surface area contributed by atoms with Gasteiger partial charge < -0.3 is 10.5 Å². The summed E-state index contributed by atoms with van der Waals surface area (Å²) in [7, 11) is 0.256. The standard InChI is InChI=1S/C12H18N2O4S/c1-3-10(13)8-19(17)7-9-4-5-12(18-2)11(6-9)14(15)16/h4-6,10H,3,7-8,13H2,1-2H3. The molecule has 0 radical (unpaired) electrons. The number of nitrogens with two attached hydrogens (primary N) is 1. The van der Waals surface area contributed by atoms with Gasteiger partial charge >= 0.3 is 5.69 Å². The van der Waals surface area contributed by atoms with Gasteiger partial charge in [-0.3, -0.25) is 14.3 Å². The molecule has 2 atom stereocenters. The minimum Gasteiger partial charge on any atom is -0.490 e. The SMILES string of the molecule is CCC(N)CS(=O)Cc1ccc(OC)c([N+](=O)[O-])c1. The minimum atomic E-state index is -1.12. The summed E-state index contributed by atoms with van der Waals surface area (Å²) in [5.41, 5.74) is 6.26. The van der Waals surface area contributed by atoms with E-state index in [0.29, 0.717) is 11.3 Å². The second kappa shape index (κ2) is 7.20. The molecule has 0 aromatic heterocycles. The van der Waals surface area contributed by atoms with Crippen molar-refractivity contribution in [2.24, 2.45) is 5.73 Å². The number of benzene rings is 1. The first-order valence-corrected chi connectivity index (χ1v) is 7.38. The zero-order valence-electron chi connectivity index (χ0n) is 11.0. The summed E-state index contributed by atoms with van der Waals surface area (Å²) in [6.45, 7) is 1.93. The highest BCUT2D eigenvalue weighted by molar-refractivity contribution is 7.84. The molecular weight excluding hydrogens is 268 g/mol. The van der Waals surface area contributed by atoms with E-state index >= 15 is 0 Å². The van der Waals surface area contributed by atoms with Crippen molar-refractivity contribution in [3.05, 3.63) is 33.9 Å². The molecule has 2 N–H and O–H groups in total. The van der Waals surface area contributed by atoms with Crippen molar-refractivity contribution in [2.45, 2.75) is 25.1 Å². The molecule has 1 rings (SSSR count). The number of methoxy groups -OCH3 is 1. The molecule has 0 amide bonds. The van der Waals surface area contributed by atoms with Crippen molar-refractivity contribution in [1.82, 2.24) is 0 Å². The van der Waals surface area contributed by atoms with E-state index in [1.54, 1.807) is 6.07 Å². The van der Waals surface area contributed by atoms with Crippen molar-refractivity contribution >= 4 is 16.5 Å². The molecule has 0 saturated heterocycles. The Bertz CT molecular complexity index is 479. The Hall–Kier alpha value is -1.47. The zero-order chi connectivity index (χ0) is 14.4. The Morgan fingerprint density at radius 3 is 2.74 bits per heavy atom. The van der Waals surface area contributed by atoms with Crippen LogP contribution in [0.2, 0.25) is 0 Å². The van der Waals surface area contributed by atoms with Gasteiger partial charge in [0.15, 0.2) is 5.75 Å². The average Bonchev–Trinajstić information content (AvgIpc) is 2.38. The fourth-order valence-corrected chi connectivity index (χ4v) is 2.95. The molecule has 2 unspecified atom stereocenters. The summed E-state index contributed by atoms with van der Waals surface area (Å²) < 4.78 is 16.8. The van der Waals surface area contributed by atoms with Crippen LogP contribution < -0.4 is 10.5 Å². The predicted octanol–water partition coefficient (Wildman–Crippen LogP) is 1.59. The smallest absolute Gasteiger partial charge is 0.311 e. The van der Waals surface area contributed by atoms with Gasteiger partial charge in [-0.05, 0) is 18.1 Å². The van der Waals surface area contributed by atoms with Crippen LogP contribution in [0.25, 0.3) is 0 Å². The van der Waals surface area contributed by atoms with Crippen LogP contribution in [0, 0.1) is 10.1 Å². The van der Waals surface area contributed by atoms with Gasteiger partial charge in [-0.1, -0.05) is 13.0 Å². The molecule has 0 aliphatic heterocycles. The predicted molar refractivity (Wildman–Crippen MR) is 74.6 cm³/mol. The van der Waals surface area contributed by atoms with Crippen LogP contribution in [-0.2, 0) is 16.6 Å². The topological polar surface area (TPSA) is 95.5 Å². The van der Waals surface area contributed by atoms with Gasteiger partial charge in [-0.25, -0.2) is 0 Å². The van der Waals surface area contributed by atoms with E-state index in [4.69, 9.17) is 10.5 Å². The third-order valence-corrected chi connectivity index (χ3v) is 4.15. The maximum absolute atomic E-state index is 11.8. The molecule has 0 saturated carbocycles. The van der Waals surface area contributed by atoms with E-state index in [9.17, 15) is 14.3 Å². The normalized spacial score (nSPS) is 13.8. The molecule has 19 heavy (non-hydrogen) atoms. The lowest BCUT2D eigenvalue weighted by Crippen LogP contribution is -2.26. The van der Waals surface area contributed by atoms with E-state index in [1.807, 2.05) is 6.92 Å². The maximum atomic E-state index is 11.8. The van der Waals surface area contributed by atoms with Crippen molar-refractivity contribution in [2.75, 3.05) is 12.9 Å². The van der Waals surface area contributed by atoms with Gasteiger partial charge in [0, 0.05) is 34.4 Å². The number of ether oxygens (including phenoxy) is 1. The first kappa shape index (κ1) is 15.6. The first-order valence-electron chi connectivity index (χ1n) is 5.89. The number of hydrogen-bond acceptors (Lipinski definition) is 5. The maximum Gasteiger partial charge on any atom is 0.311 e. The molecule has 106 valence electrons. The Morgan fingerprint density at radius 2 is 2.21 bits per heavy atom. The van der Waals surface area contributed by atoms with Crippen molar-refractivity contribution in [1.29, 1.82) is 0 Å². The van der Waals surface area contributed by atoms with Crippen LogP contribution in [0.1, 0.15) is 18.9 Å². The fourth-order valence-electron chi connectivity index (χ4n) is 1.57. The first-order chi connectivity index (χ1) is 8.97. The van der Waals surface area contributed by atoms with Gasteiger partial charge in [0.2, 0.25) is 0 Å². The van der Waals surface area contributed by atoms with Crippen LogP contribution in [-0.4, -0.2) is 28.0 Å². The molecule has 0 heterocycles. The van der Waals surface area contributed by atoms with E-state index in [0.717, 1.165) is 6.42 Å². The van der Waals surface area contributed by atoms with Gasteiger partial charge in [0.25, 0.3) is 0 Å². The quantitative estimate of drug-likeness (QED) is 0.606. The number of rotatable bonds is 7. The van der Waals surface area contributed by atoms with Crippen molar-refractivity contribution in [3.8, 4) is 5.75 Å². The fraction of sp³-hybridized carbons (Fsp3) is 0.500. The highest BCUT2D eigenvalue weighted by Gasteiger charge is 2.16. The average molecular weight is 286 g/mol. The molecule has 0 spiro atoms. The second-order valence-electron chi connectivity index (χ2n) is 4.18. The van der Waals surface area contributed by atoms with E-state index in [2.05, 4.69) is 0 Å². The van der Waals surface area contributed by atoms with Crippen molar-refractivity contribution < 1.29 is 13.9 Å². The lowest BCUT2D eigenvalue weighted by molar-refractivity contribution is -0.385. The van der Waals surface area contributed by atoms with E-state index in [-0.39, 0.29) is 23.2 Å². The highest BCUT2D eigenvalue weighted by atomic mass is 32.2. The van der Waals surface area contributed by atoms with Crippen molar-refractivity contribution in [3.63, 3.8) is 0 Å². The summed E-state index contributed by atoms with van der Waals surface area (Å²) in [4.78, 5) is 10.4. The second-order valence-corrected chi connectivity index (χ2v) is 5.68. The van der Waals surface area contributed by atoms with E-state index in [1.165, 1.54) is 19.2 Å². The third kappa shape index (κ3) is 4.60. The van der Waals surface area contributed by atoms with Crippen LogP contribution in [0.5, 0.6) is 5.75 Å². The van der Waals surface area contributed by atoms with Crippen LogP contribution in [0.4, 0.5) is 5.69 Å². The van der Waals surface area contributed by atoms with Crippen LogP contribution >= 0.6 is 0 Å². The monoisotopic (exact) mass is 286 g/mol. The third-order valence-electron chi connectivity index (χ3n) is 2.69. The molecule has 6 nitrogen and oxygen atoms in total. The Kier molecular flexibility index (Phi) is 5.91. The summed E-state index contributed by atoms with van der Waals surface area (Å²) in [6.07, 6.45) is 0.758. The van der Waals surface area contributed by atoms with Gasteiger partial charge in [0.05, 0.1) is 12.0 Å². The Morgan fingerprint density at radius 1 is 1.53 bits per heavy atom. The largest absolute Gasteiger partial charge is 0.490 e. The molecule has 0 bridgehead atoms. The number of hydrogen-bond donors (Lipinski definition) is 1. The summed E-state index contributed by atoms with van der Waals surface area (Å²) in [6, 6.07) is 4.49. The van der Waals surface area contributed by atoms with Crippen LogP contribution in [0.3, 0.4) is 0 Å². The lowest BCUT2D eigenvalue weighted by Gasteiger charge is -2.09. The number of nitrogens with zero attached hydrogens (tertiary/aromatic N) is 1. The molecule has 0 aliphatic carbocycles. The molecule has 7 heteroatoms. The molecule has 0 fully saturated rings. The lowest BCUT2D eigenvalue weighted by atomic mass is 10.2. The number of nitro benzene ring substituents is 1. The van der Waals surface area contributed by atoms with Gasteiger partial charge in [-0.2, -0.15) is 0 Å². The summed E-state index contributed by atoms with van der Waals surface area (Å²) in [5.74, 6) is 0.860. The summed E-state index contributed by atoms with van der Waals surface area (Å²) in [5, 5.41) is 10.9. The molecule has 0 aliphatic rings. The minimum absolute atomic E-state index is 0.103. The zero-order valence-corrected chi connectivity index (χ0v) is 11.8. The van der Waals surface area contributed by atoms with Gasteiger partial charge in [0.1, 0.15) is 0 Å². The van der Waals surface area contributed by atoms with E-state index < -0.39 is 15.7 Å². The Labute approximate surface area is 114 Å². The Balaban J connectivity index is 2.82.